The van der Waals surface area contributed by atoms with Gasteiger partial charge in [0.1, 0.15) is 6.04 Å². The summed E-state index contributed by atoms with van der Waals surface area (Å²) in [5.41, 5.74) is -1.24. The Hall–Kier alpha value is -2.56. The molecule has 1 atom stereocenters. The fourth-order valence-electron chi connectivity index (χ4n) is 1.89. The number of nitriles is 1. The Balaban J connectivity index is 2.76. The third-order valence-electron chi connectivity index (χ3n) is 3.09. The van der Waals surface area contributed by atoms with Crippen LogP contribution in [0.4, 0.5) is 13.2 Å². The van der Waals surface area contributed by atoms with E-state index in [0.717, 1.165) is 12.1 Å². The van der Waals surface area contributed by atoms with Gasteiger partial charge in [0, 0.05) is 12.0 Å². The zero-order chi connectivity index (χ0) is 17.5. The number of amides is 1. The van der Waals surface area contributed by atoms with Gasteiger partial charge in [-0.3, -0.25) is 4.79 Å². The molecule has 1 rings (SSSR count). The number of nitrogens with one attached hydrogen (secondary N) is 1. The van der Waals surface area contributed by atoms with E-state index in [4.69, 9.17) is 10.4 Å². The smallest absolute Gasteiger partial charge is 0.416 e. The van der Waals surface area contributed by atoms with Gasteiger partial charge in [-0.2, -0.15) is 18.4 Å². The van der Waals surface area contributed by atoms with Crippen LogP contribution in [0.1, 0.15) is 41.6 Å². The third kappa shape index (κ3) is 5.98. The number of nitrogens with zero attached hydrogens (tertiary/aromatic N) is 1. The van der Waals surface area contributed by atoms with Crippen molar-refractivity contribution in [1.82, 2.24) is 5.32 Å². The van der Waals surface area contributed by atoms with Crippen LogP contribution in [-0.4, -0.2) is 23.0 Å². The molecule has 1 aromatic rings. The van der Waals surface area contributed by atoms with Crippen LogP contribution in [0.5, 0.6) is 0 Å². The zero-order valence-electron chi connectivity index (χ0n) is 12.1. The third-order valence-corrected chi connectivity index (χ3v) is 3.09. The lowest BCUT2D eigenvalue weighted by molar-refractivity contribution is -0.139. The van der Waals surface area contributed by atoms with Gasteiger partial charge in [0.2, 0.25) is 0 Å². The molecule has 0 unspecified atom stereocenters. The molecule has 0 aromatic heterocycles. The zero-order valence-corrected chi connectivity index (χ0v) is 12.1. The number of aliphatic carboxylic acids is 1. The van der Waals surface area contributed by atoms with Crippen molar-refractivity contribution < 1.29 is 27.9 Å². The number of carbonyl (C=O) groups excluding carboxylic acids is 1. The van der Waals surface area contributed by atoms with Crippen molar-refractivity contribution in [2.75, 3.05) is 0 Å². The summed E-state index contributed by atoms with van der Waals surface area (Å²) in [5.74, 6) is -2.16. The largest absolute Gasteiger partial charge is 0.480 e. The summed E-state index contributed by atoms with van der Waals surface area (Å²) in [6.45, 7) is 0. The lowest BCUT2D eigenvalue weighted by Crippen LogP contribution is -2.40. The van der Waals surface area contributed by atoms with Crippen molar-refractivity contribution in [3.05, 3.63) is 35.4 Å². The van der Waals surface area contributed by atoms with Crippen molar-refractivity contribution >= 4 is 11.9 Å². The van der Waals surface area contributed by atoms with E-state index in [1.807, 2.05) is 6.07 Å². The molecule has 0 aliphatic heterocycles. The second kappa shape index (κ2) is 8.17. The van der Waals surface area contributed by atoms with Gasteiger partial charge in [-0.1, -0.05) is 6.07 Å². The van der Waals surface area contributed by atoms with E-state index in [1.165, 1.54) is 6.07 Å². The molecule has 0 bridgehead atoms. The second-order valence-electron chi connectivity index (χ2n) is 4.85. The molecule has 124 valence electrons. The molecule has 0 aliphatic carbocycles. The first-order valence-corrected chi connectivity index (χ1v) is 6.83. The van der Waals surface area contributed by atoms with Crippen molar-refractivity contribution in [2.24, 2.45) is 0 Å². The van der Waals surface area contributed by atoms with Crippen LogP contribution in [0.2, 0.25) is 0 Å². The molecule has 0 aliphatic rings. The molecule has 0 spiro atoms. The van der Waals surface area contributed by atoms with Crippen LogP contribution < -0.4 is 5.32 Å². The number of unbranched alkanes of at least 4 members (excludes halogenated alkanes) is 2. The minimum atomic E-state index is -4.58. The maximum Gasteiger partial charge on any atom is 0.416 e. The van der Waals surface area contributed by atoms with Crippen molar-refractivity contribution in [2.45, 2.75) is 37.9 Å². The molecule has 0 saturated carbocycles. The number of benzene rings is 1. The minimum Gasteiger partial charge on any atom is -0.480 e. The van der Waals surface area contributed by atoms with Crippen molar-refractivity contribution in [3.8, 4) is 6.07 Å². The topological polar surface area (TPSA) is 90.2 Å². The van der Waals surface area contributed by atoms with Crippen LogP contribution >= 0.6 is 0 Å². The van der Waals surface area contributed by atoms with Crippen LogP contribution in [0.25, 0.3) is 0 Å². The summed E-state index contributed by atoms with van der Waals surface area (Å²) in [7, 11) is 0. The van der Waals surface area contributed by atoms with Gasteiger partial charge >= 0.3 is 12.1 Å². The van der Waals surface area contributed by atoms with E-state index in [-0.39, 0.29) is 18.4 Å². The molecule has 1 aromatic carbocycles. The molecular formula is C15H15F3N2O3. The van der Waals surface area contributed by atoms with Gasteiger partial charge in [-0.05, 0) is 37.5 Å². The van der Waals surface area contributed by atoms with E-state index in [9.17, 15) is 22.8 Å². The summed E-state index contributed by atoms with van der Waals surface area (Å²) >= 11 is 0. The summed E-state index contributed by atoms with van der Waals surface area (Å²) in [6, 6.07) is 4.46. The summed E-state index contributed by atoms with van der Waals surface area (Å²) in [6.07, 6.45) is -3.32. The number of carbonyl (C=O) groups is 2. The van der Waals surface area contributed by atoms with E-state index in [1.54, 1.807) is 0 Å². The monoisotopic (exact) mass is 328 g/mol. The Morgan fingerprint density at radius 3 is 2.57 bits per heavy atom. The number of carboxylic acids is 1. The molecular weight excluding hydrogens is 313 g/mol. The first-order valence-electron chi connectivity index (χ1n) is 6.83. The number of rotatable bonds is 7. The molecule has 0 fully saturated rings. The molecule has 2 N–H and O–H groups in total. The molecule has 0 heterocycles. The molecule has 0 saturated heterocycles. The molecule has 8 heteroatoms. The maximum absolute atomic E-state index is 12.6. The second-order valence-corrected chi connectivity index (χ2v) is 4.85. The standard InChI is InChI=1S/C15H15F3N2O3/c16-15(17,18)11-6-4-5-10(9-11)13(21)20-12(14(22)23)7-2-1-3-8-19/h4-6,9,12H,1-3,7H2,(H,20,21)(H,22,23)/t12-/m1/s1. The highest BCUT2D eigenvalue weighted by molar-refractivity contribution is 5.96. The van der Waals surface area contributed by atoms with Gasteiger partial charge in [0.25, 0.3) is 5.91 Å². The van der Waals surface area contributed by atoms with Gasteiger partial charge in [-0.15, -0.1) is 0 Å². The van der Waals surface area contributed by atoms with E-state index in [2.05, 4.69) is 5.32 Å². The Kier molecular flexibility index (Phi) is 6.57. The van der Waals surface area contributed by atoms with Crippen LogP contribution in [0, 0.1) is 11.3 Å². The fourth-order valence-corrected chi connectivity index (χ4v) is 1.89. The van der Waals surface area contributed by atoms with Crippen LogP contribution in [-0.2, 0) is 11.0 Å². The SMILES string of the molecule is N#CCCCC[C@@H](NC(=O)c1cccc(C(F)(F)F)c1)C(=O)O. The number of hydrogen-bond acceptors (Lipinski definition) is 3. The lowest BCUT2D eigenvalue weighted by Gasteiger charge is -2.15. The molecule has 5 nitrogen and oxygen atoms in total. The summed E-state index contributed by atoms with van der Waals surface area (Å²) in [4.78, 5) is 23.0. The number of halogens is 3. The first-order chi connectivity index (χ1) is 10.8. The Morgan fingerprint density at radius 2 is 2.00 bits per heavy atom. The van der Waals surface area contributed by atoms with E-state index < -0.39 is 29.7 Å². The highest BCUT2D eigenvalue weighted by Gasteiger charge is 2.31. The highest BCUT2D eigenvalue weighted by Crippen LogP contribution is 2.29. The first kappa shape index (κ1) is 18.5. The van der Waals surface area contributed by atoms with Crippen molar-refractivity contribution in [1.29, 1.82) is 5.26 Å². The normalized spacial score (nSPS) is 12.3. The quantitative estimate of drug-likeness (QED) is 0.753. The molecule has 1 amide bonds. The van der Waals surface area contributed by atoms with Crippen molar-refractivity contribution in [3.63, 3.8) is 0 Å². The average molecular weight is 328 g/mol. The number of carboxylic acid groups (broad SMARTS) is 1. The van der Waals surface area contributed by atoms with Crippen LogP contribution in [0.15, 0.2) is 24.3 Å². The fraction of sp³-hybridized carbons (Fsp3) is 0.400. The number of alkyl halides is 3. The Labute approximate surface area is 130 Å². The summed E-state index contributed by atoms with van der Waals surface area (Å²) < 4.78 is 37.8. The summed E-state index contributed by atoms with van der Waals surface area (Å²) in [5, 5.41) is 19.6. The predicted octanol–water partition coefficient (Wildman–Crippen LogP) is 2.97. The van der Waals surface area contributed by atoms with Gasteiger partial charge in [0.15, 0.2) is 0 Å². The average Bonchev–Trinajstić information content (AvgIpc) is 2.49. The highest BCUT2D eigenvalue weighted by atomic mass is 19.4. The van der Waals surface area contributed by atoms with E-state index in [0.29, 0.717) is 18.9 Å². The Morgan fingerprint density at radius 1 is 1.30 bits per heavy atom. The maximum atomic E-state index is 12.6. The Bertz CT molecular complexity index is 609. The predicted molar refractivity (Wildman–Crippen MR) is 74.4 cm³/mol. The molecule has 23 heavy (non-hydrogen) atoms. The van der Waals surface area contributed by atoms with Gasteiger partial charge < -0.3 is 10.4 Å². The van der Waals surface area contributed by atoms with Gasteiger partial charge in [-0.25, -0.2) is 4.79 Å². The number of hydrogen-bond donors (Lipinski definition) is 2. The van der Waals surface area contributed by atoms with E-state index >= 15 is 0 Å². The minimum absolute atomic E-state index is 0.0989. The van der Waals surface area contributed by atoms with Gasteiger partial charge in [0.05, 0.1) is 11.6 Å². The van der Waals surface area contributed by atoms with Crippen LogP contribution in [0.3, 0.4) is 0 Å². The lowest BCUT2D eigenvalue weighted by atomic mass is 10.1. The molecule has 0 radical (unpaired) electrons.